The van der Waals surface area contributed by atoms with Crippen LogP contribution in [0.15, 0.2) is 10.2 Å². The van der Waals surface area contributed by atoms with Gasteiger partial charge in [0.2, 0.25) is 5.91 Å². The first-order chi connectivity index (χ1) is 10.1. The zero-order valence-corrected chi connectivity index (χ0v) is 11.9. The molecule has 0 aliphatic carbocycles. The lowest BCUT2D eigenvalue weighted by Gasteiger charge is -2.23. The van der Waals surface area contributed by atoms with Gasteiger partial charge in [0.15, 0.2) is 5.66 Å². The zero-order valence-electron chi connectivity index (χ0n) is 11.9. The van der Waals surface area contributed by atoms with Gasteiger partial charge in [-0.15, -0.1) is 12.3 Å². The van der Waals surface area contributed by atoms with Crippen LogP contribution in [0.3, 0.4) is 0 Å². The summed E-state index contributed by atoms with van der Waals surface area (Å²) in [6.07, 6.45) is 9.84. The third-order valence-electron chi connectivity index (χ3n) is 4.93. The van der Waals surface area contributed by atoms with Gasteiger partial charge in [-0.3, -0.25) is 9.59 Å². The minimum atomic E-state index is -0.780. The fraction of sp³-hybridized carbons (Fsp3) is 0.733. The summed E-state index contributed by atoms with van der Waals surface area (Å²) < 4.78 is 0. The molecular formula is C15H19N3O3. The lowest BCUT2D eigenvalue weighted by molar-refractivity contribution is -0.143. The molecule has 3 heterocycles. The van der Waals surface area contributed by atoms with Crippen molar-refractivity contribution < 1.29 is 14.7 Å². The van der Waals surface area contributed by atoms with Crippen molar-refractivity contribution in [1.82, 2.24) is 4.90 Å². The Morgan fingerprint density at radius 3 is 2.67 bits per heavy atom. The van der Waals surface area contributed by atoms with Crippen LogP contribution < -0.4 is 0 Å². The van der Waals surface area contributed by atoms with Crippen LogP contribution in [0.5, 0.6) is 0 Å². The number of carbonyl (C=O) groups is 2. The van der Waals surface area contributed by atoms with Gasteiger partial charge in [0.25, 0.3) is 0 Å². The van der Waals surface area contributed by atoms with E-state index in [-0.39, 0.29) is 18.0 Å². The van der Waals surface area contributed by atoms with Crippen molar-refractivity contribution >= 4 is 11.9 Å². The first-order valence-corrected chi connectivity index (χ1v) is 7.48. The number of hydrogen-bond acceptors (Lipinski definition) is 4. The summed E-state index contributed by atoms with van der Waals surface area (Å²) in [6, 6.07) is -0.00641. The molecule has 0 unspecified atom stereocenters. The Balaban J connectivity index is 1.55. The summed E-state index contributed by atoms with van der Waals surface area (Å²) in [5.41, 5.74) is -0.437. The Labute approximate surface area is 123 Å². The Morgan fingerprint density at radius 1 is 1.33 bits per heavy atom. The van der Waals surface area contributed by atoms with Crippen molar-refractivity contribution in [2.24, 2.45) is 16.1 Å². The third kappa shape index (κ3) is 2.53. The topological polar surface area (TPSA) is 82.3 Å². The Kier molecular flexibility index (Phi) is 3.44. The normalized spacial score (nSPS) is 31.2. The second-order valence-corrected chi connectivity index (χ2v) is 6.17. The van der Waals surface area contributed by atoms with Gasteiger partial charge in [0.05, 0.1) is 5.92 Å². The number of aliphatic carboxylic acids is 1. The van der Waals surface area contributed by atoms with Crippen molar-refractivity contribution in [3.05, 3.63) is 0 Å². The van der Waals surface area contributed by atoms with E-state index in [1.165, 1.54) is 0 Å². The molecule has 6 nitrogen and oxygen atoms in total. The van der Waals surface area contributed by atoms with Crippen molar-refractivity contribution in [3.63, 3.8) is 0 Å². The third-order valence-corrected chi connectivity index (χ3v) is 4.93. The molecule has 1 amide bonds. The summed E-state index contributed by atoms with van der Waals surface area (Å²) in [6.45, 7) is 0. The van der Waals surface area contributed by atoms with Crippen LogP contribution in [0.2, 0.25) is 0 Å². The molecule has 3 aliphatic rings. The smallest absolute Gasteiger partial charge is 0.308 e. The van der Waals surface area contributed by atoms with E-state index in [4.69, 9.17) is 6.42 Å². The molecule has 0 radical (unpaired) electrons. The van der Waals surface area contributed by atoms with Crippen LogP contribution in [0, 0.1) is 18.3 Å². The second kappa shape index (κ2) is 5.14. The van der Waals surface area contributed by atoms with Crippen LogP contribution in [-0.4, -0.2) is 39.6 Å². The van der Waals surface area contributed by atoms with E-state index < -0.39 is 17.6 Å². The molecule has 3 atom stereocenters. The zero-order chi connectivity index (χ0) is 15.0. The van der Waals surface area contributed by atoms with Crippen molar-refractivity contribution in [1.29, 1.82) is 0 Å². The molecule has 112 valence electrons. The molecule has 1 N–H and O–H groups in total. The van der Waals surface area contributed by atoms with Crippen LogP contribution >= 0.6 is 0 Å². The van der Waals surface area contributed by atoms with E-state index in [1.54, 1.807) is 0 Å². The number of rotatable bonds is 6. The van der Waals surface area contributed by atoms with E-state index in [2.05, 4.69) is 16.1 Å². The van der Waals surface area contributed by atoms with Crippen LogP contribution in [-0.2, 0) is 9.59 Å². The molecule has 0 aromatic rings. The molecule has 3 aliphatic heterocycles. The molecule has 6 heteroatoms. The fourth-order valence-electron chi connectivity index (χ4n) is 3.75. The highest BCUT2D eigenvalue weighted by Crippen LogP contribution is 2.43. The van der Waals surface area contributed by atoms with Gasteiger partial charge in [-0.05, 0) is 19.3 Å². The van der Waals surface area contributed by atoms with E-state index in [1.807, 2.05) is 4.90 Å². The Bertz CT molecular complexity index is 531. The highest BCUT2D eigenvalue weighted by Gasteiger charge is 2.51. The number of hydrogen-bond donors (Lipinski definition) is 1. The molecule has 0 aromatic heterocycles. The van der Waals surface area contributed by atoms with Gasteiger partial charge in [0, 0.05) is 37.8 Å². The second-order valence-electron chi connectivity index (χ2n) is 6.17. The summed E-state index contributed by atoms with van der Waals surface area (Å²) in [7, 11) is 0. The summed E-state index contributed by atoms with van der Waals surface area (Å²) in [5, 5.41) is 17.3. The highest BCUT2D eigenvalue weighted by atomic mass is 16.4. The van der Waals surface area contributed by atoms with E-state index in [0.717, 1.165) is 12.8 Å². The molecule has 0 saturated carbocycles. The van der Waals surface area contributed by atoms with Crippen molar-refractivity contribution in [2.75, 3.05) is 0 Å². The molecule has 2 saturated heterocycles. The number of terminal acetylenes is 1. The number of amides is 1. The minimum absolute atomic E-state index is 0.0450. The molecule has 3 rings (SSSR count). The summed E-state index contributed by atoms with van der Waals surface area (Å²) in [4.78, 5) is 25.5. The summed E-state index contributed by atoms with van der Waals surface area (Å²) in [5.74, 6) is 1.44. The van der Waals surface area contributed by atoms with Crippen LogP contribution in [0.4, 0.5) is 0 Å². The number of carboxylic acids is 1. The van der Waals surface area contributed by atoms with Gasteiger partial charge in [-0.2, -0.15) is 10.2 Å². The Morgan fingerprint density at radius 2 is 2.10 bits per heavy atom. The van der Waals surface area contributed by atoms with E-state index in [0.29, 0.717) is 32.1 Å². The van der Waals surface area contributed by atoms with Gasteiger partial charge in [0.1, 0.15) is 0 Å². The maximum atomic E-state index is 12.4. The lowest BCUT2D eigenvalue weighted by atomic mass is 9.89. The van der Waals surface area contributed by atoms with E-state index >= 15 is 0 Å². The van der Waals surface area contributed by atoms with Crippen LogP contribution in [0.25, 0.3) is 0 Å². The average Bonchev–Trinajstić information content (AvgIpc) is 2.99. The quantitative estimate of drug-likeness (QED) is 0.757. The lowest BCUT2D eigenvalue weighted by Crippen LogP contribution is -2.38. The maximum absolute atomic E-state index is 12.4. The van der Waals surface area contributed by atoms with Gasteiger partial charge in [-0.1, -0.05) is 0 Å². The minimum Gasteiger partial charge on any atom is -0.481 e. The molecule has 0 spiro atoms. The largest absolute Gasteiger partial charge is 0.481 e. The van der Waals surface area contributed by atoms with Crippen molar-refractivity contribution in [2.45, 2.75) is 62.7 Å². The van der Waals surface area contributed by atoms with E-state index in [9.17, 15) is 14.7 Å². The molecular weight excluding hydrogens is 270 g/mol. The SMILES string of the molecule is C#CCCC1(CCC(=O)N2[C@@H]3CC[C@H]2[C@H](C(=O)O)C3)N=N1. The standard InChI is InChI=1S/C15H19N3O3/c1-2-3-7-15(16-17-15)8-6-13(19)18-10-4-5-12(18)11(9-10)14(20)21/h1,10-12H,3-9H2,(H,20,21)/t10-,11-,12+/m1/s1. The van der Waals surface area contributed by atoms with Gasteiger partial charge in [-0.25, -0.2) is 0 Å². The number of fused-ring (bicyclic) bond motifs is 2. The first kappa shape index (κ1) is 14.1. The maximum Gasteiger partial charge on any atom is 0.308 e. The predicted molar refractivity (Wildman–Crippen MR) is 74.3 cm³/mol. The summed E-state index contributed by atoms with van der Waals surface area (Å²) >= 11 is 0. The Hall–Kier alpha value is -1.90. The average molecular weight is 289 g/mol. The monoisotopic (exact) mass is 289 g/mol. The molecule has 2 fully saturated rings. The van der Waals surface area contributed by atoms with Gasteiger partial charge < -0.3 is 10.0 Å². The molecule has 0 aromatic carbocycles. The van der Waals surface area contributed by atoms with Crippen LogP contribution in [0.1, 0.15) is 44.9 Å². The number of nitrogens with zero attached hydrogens (tertiary/aromatic N) is 3. The number of carboxylic acid groups (broad SMARTS) is 1. The first-order valence-electron chi connectivity index (χ1n) is 7.48. The molecule has 2 bridgehead atoms. The van der Waals surface area contributed by atoms with Crippen molar-refractivity contribution in [3.8, 4) is 12.3 Å². The predicted octanol–water partition coefficient (Wildman–Crippen LogP) is 1.81. The van der Waals surface area contributed by atoms with Gasteiger partial charge >= 0.3 is 5.97 Å². The number of carbonyl (C=O) groups excluding carboxylic acids is 1. The molecule has 21 heavy (non-hydrogen) atoms. The fourth-order valence-corrected chi connectivity index (χ4v) is 3.75. The highest BCUT2D eigenvalue weighted by molar-refractivity contribution is 5.80.